The molecule has 0 saturated heterocycles. The van der Waals surface area contributed by atoms with E-state index in [1.165, 1.54) is 0 Å². The van der Waals surface area contributed by atoms with Gasteiger partial charge in [0.25, 0.3) is 5.56 Å². The number of carbonyl (C=O) groups excluding carboxylic acids is 1. The Morgan fingerprint density at radius 2 is 1.96 bits per heavy atom. The zero-order valence-electron chi connectivity index (χ0n) is 14.3. The molecular weight excluding hydrogens is 306 g/mol. The van der Waals surface area contributed by atoms with Crippen LogP contribution in [0.5, 0.6) is 0 Å². The largest absolute Gasteiger partial charge is 0.378 e. The van der Waals surface area contributed by atoms with Crippen LogP contribution in [0.3, 0.4) is 0 Å². The van der Waals surface area contributed by atoms with E-state index in [1.807, 2.05) is 43.3 Å². The number of aromatic amines is 1. The molecular formula is C17H21N5O2. The Bertz CT molecular complexity index is 807. The van der Waals surface area contributed by atoms with E-state index >= 15 is 0 Å². The predicted octanol–water partition coefficient (Wildman–Crippen LogP) is 1.15. The zero-order chi connectivity index (χ0) is 17.7. The van der Waals surface area contributed by atoms with Crippen LogP contribution in [0.25, 0.3) is 0 Å². The molecule has 0 atom stereocenters. The number of benzene rings is 1. The van der Waals surface area contributed by atoms with Crippen LogP contribution in [-0.4, -0.2) is 36.2 Å². The lowest BCUT2D eigenvalue weighted by molar-refractivity contribution is -0.120. The van der Waals surface area contributed by atoms with Crippen molar-refractivity contribution in [2.24, 2.45) is 5.10 Å². The molecule has 0 bridgehead atoms. The summed E-state index contributed by atoms with van der Waals surface area (Å²) in [6.45, 7) is 3.41. The second-order valence-electron chi connectivity index (χ2n) is 5.67. The number of hydrazone groups is 1. The molecule has 0 saturated carbocycles. The van der Waals surface area contributed by atoms with Crippen molar-refractivity contribution in [3.8, 4) is 0 Å². The fourth-order valence-corrected chi connectivity index (χ4v) is 2.20. The third-order valence-electron chi connectivity index (χ3n) is 3.49. The molecule has 2 aromatic rings. The number of nitrogens with zero attached hydrogens (tertiary/aromatic N) is 3. The smallest absolute Gasteiger partial charge is 0.254 e. The van der Waals surface area contributed by atoms with Crippen LogP contribution in [0, 0.1) is 13.8 Å². The van der Waals surface area contributed by atoms with Crippen molar-refractivity contribution in [2.75, 3.05) is 19.0 Å². The Morgan fingerprint density at radius 3 is 2.54 bits per heavy atom. The highest BCUT2D eigenvalue weighted by atomic mass is 16.2. The molecule has 0 aliphatic heterocycles. The van der Waals surface area contributed by atoms with Crippen molar-refractivity contribution in [2.45, 2.75) is 20.3 Å². The lowest BCUT2D eigenvalue weighted by atomic mass is 10.1. The third-order valence-corrected chi connectivity index (χ3v) is 3.49. The number of amides is 1. The van der Waals surface area contributed by atoms with Gasteiger partial charge in [0.2, 0.25) is 5.91 Å². The van der Waals surface area contributed by atoms with Gasteiger partial charge >= 0.3 is 0 Å². The van der Waals surface area contributed by atoms with Crippen molar-refractivity contribution in [1.82, 2.24) is 15.4 Å². The summed E-state index contributed by atoms with van der Waals surface area (Å²) in [7, 11) is 3.93. The van der Waals surface area contributed by atoms with Gasteiger partial charge in [-0.2, -0.15) is 5.10 Å². The van der Waals surface area contributed by atoms with Crippen molar-refractivity contribution >= 4 is 17.8 Å². The summed E-state index contributed by atoms with van der Waals surface area (Å²) in [4.78, 5) is 32.5. The predicted molar refractivity (Wildman–Crippen MR) is 94.5 cm³/mol. The Hall–Kier alpha value is -2.96. The first kappa shape index (κ1) is 17.4. The maximum atomic E-state index is 11.9. The molecule has 2 rings (SSSR count). The van der Waals surface area contributed by atoms with Crippen molar-refractivity contribution in [3.05, 3.63) is 57.3 Å². The number of aryl methyl sites for hydroxylation is 2. The van der Waals surface area contributed by atoms with E-state index in [2.05, 4.69) is 20.5 Å². The summed E-state index contributed by atoms with van der Waals surface area (Å²) >= 11 is 0. The summed E-state index contributed by atoms with van der Waals surface area (Å²) in [5.41, 5.74) is 4.98. The number of nitrogens with one attached hydrogen (secondary N) is 2. The number of hydrogen-bond donors (Lipinski definition) is 2. The van der Waals surface area contributed by atoms with Crippen LogP contribution in [0.1, 0.15) is 22.6 Å². The van der Waals surface area contributed by atoms with E-state index in [-0.39, 0.29) is 17.9 Å². The van der Waals surface area contributed by atoms with Crippen LogP contribution in [0.4, 0.5) is 5.69 Å². The van der Waals surface area contributed by atoms with E-state index in [4.69, 9.17) is 0 Å². The Kier molecular flexibility index (Phi) is 5.47. The summed E-state index contributed by atoms with van der Waals surface area (Å²) in [5, 5.41) is 3.92. The van der Waals surface area contributed by atoms with Gasteiger partial charge in [0.1, 0.15) is 5.82 Å². The highest BCUT2D eigenvalue weighted by Gasteiger charge is 2.11. The third kappa shape index (κ3) is 4.52. The second kappa shape index (κ2) is 7.54. The van der Waals surface area contributed by atoms with E-state index < -0.39 is 0 Å². The number of aromatic nitrogens is 2. The quantitative estimate of drug-likeness (QED) is 0.636. The lowest BCUT2D eigenvalue weighted by Crippen LogP contribution is -2.26. The summed E-state index contributed by atoms with van der Waals surface area (Å²) in [6.07, 6.45) is 1.49. The summed E-state index contributed by atoms with van der Waals surface area (Å²) in [5.74, 6) is 0.163. The monoisotopic (exact) mass is 327 g/mol. The first-order chi connectivity index (χ1) is 11.4. The van der Waals surface area contributed by atoms with Crippen molar-refractivity contribution in [3.63, 3.8) is 0 Å². The Balaban J connectivity index is 1.97. The Labute approximate surface area is 140 Å². The van der Waals surface area contributed by atoms with Gasteiger partial charge in [0.05, 0.1) is 12.6 Å². The number of rotatable bonds is 5. The Morgan fingerprint density at radius 1 is 1.29 bits per heavy atom. The number of anilines is 1. The second-order valence-corrected chi connectivity index (χ2v) is 5.67. The van der Waals surface area contributed by atoms with Crippen molar-refractivity contribution in [1.29, 1.82) is 0 Å². The normalized spacial score (nSPS) is 10.8. The minimum absolute atomic E-state index is 0.0641. The molecule has 1 aromatic carbocycles. The SMILES string of the molecule is Cc1nc(C)c(CC(=O)N/N=C\c2ccc(N(C)C)cc2)c(=O)[nH]1. The number of carbonyl (C=O) groups is 1. The van der Waals surface area contributed by atoms with Gasteiger partial charge in [0, 0.05) is 31.0 Å². The van der Waals surface area contributed by atoms with Crippen LogP contribution < -0.4 is 15.9 Å². The zero-order valence-corrected chi connectivity index (χ0v) is 14.3. The maximum absolute atomic E-state index is 11.9. The first-order valence-electron chi connectivity index (χ1n) is 7.52. The van der Waals surface area contributed by atoms with E-state index in [1.54, 1.807) is 20.1 Å². The van der Waals surface area contributed by atoms with E-state index in [9.17, 15) is 9.59 Å². The van der Waals surface area contributed by atoms with E-state index in [0.29, 0.717) is 17.1 Å². The minimum atomic E-state index is -0.365. The summed E-state index contributed by atoms with van der Waals surface area (Å²) < 4.78 is 0. The van der Waals surface area contributed by atoms with Gasteiger partial charge in [-0.15, -0.1) is 0 Å². The lowest BCUT2D eigenvalue weighted by Gasteiger charge is -2.11. The molecule has 0 unspecified atom stereocenters. The first-order valence-corrected chi connectivity index (χ1v) is 7.52. The molecule has 0 spiro atoms. The average Bonchev–Trinajstić information content (AvgIpc) is 2.51. The molecule has 2 N–H and O–H groups in total. The molecule has 1 heterocycles. The fourth-order valence-electron chi connectivity index (χ4n) is 2.20. The number of H-pyrrole nitrogens is 1. The fraction of sp³-hybridized carbons (Fsp3) is 0.294. The van der Waals surface area contributed by atoms with Crippen LogP contribution in [-0.2, 0) is 11.2 Å². The topological polar surface area (TPSA) is 90.4 Å². The molecule has 126 valence electrons. The van der Waals surface area contributed by atoms with Crippen LogP contribution in [0.2, 0.25) is 0 Å². The van der Waals surface area contributed by atoms with Gasteiger partial charge in [-0.3, -0.25) is 9.59 Å². The standard InChI is InChI=1S/C17H21N5O2/c1-11-15(17(24)20-12(2)19-11)9-16(23)21-18-10-13-5-7-14(8-6-13)22(3)4/h5-8,10H,9H2,1-4H3,(H,21,23)(H,19,20,24)/b18-10-. The van der Waals surface area contributed by atoms with Gasteiger partial charge < -0.3 is 9.88 Å². The molecule has 24 heavy (non-hydrogen) atoms. The highest BCUT2D eigenvalue weighted by molar-refractivity contribution is 5.83. The van der Waals surface area contributed by atoms with Gasteiger partial charge in [-0.05, 0) is 31.5 Å². The van der Waals surface area contributed by atoms with Crippen molar-refractivity contribution < 1.29 is 4.79 Å². The molecule has 1 amide bonds. The van der Waals surface area contributed by atoms with Gasteiger partial charge in [-0.1, -0.05) is 12.1 Å². The molecule has 0 aliphatic rings. The van der Waals surface area contributed by atoms with Crippen LogP contribution in [0.15, 0.2) is 34.2 Å². The van der Waals surface area contributed by atoms with Gasteiger partial charge in [0.15, 0.2) is 0 Å². The molecule has 7 heteroatoms. The molecule has 0 radical (unpaired) electrons. The molecule has 0 aliphatic carbocycles. The molecule has 1 aromatic heterocycles. The maximum Gasteiger partial charge on any atom is 0.254 e. The minimum Gasteiger partial charge on any atom is -0.378 e. The van der Waals surface area contributed by atoms with E-state index in [0.717, 1.165) is 11.3 Å². The average molecular weight is 327 g/mol. The molecule has 0 fully saturated rings. The van der Waals surface area contributed by atoms with Crippen LogP contribution >= 0.6 is 0 Å². The number of hydrogen-bond acceptors (Lipinski definition) is 5. The summed E-state index contributed by atoms with van der Waals surface area (Å²) in [6, 6.07) is 7.74. The molecule has 7 nitrogen and oxygen atoms in total. The highest BCUT2D eigenvalue weighted by Crippen LogP contribution is 2.10. The van der Waals surface area contributed by atoms with Gasteiger partial charge in [-0.25, -0.2) is 10.4 Å².